The number of rotatable bonds is 3. The third kappa shape index (κ3) is 2.59. The molecule has 0 aromatic carbocycles. The number of anilines is 1. The van der Waals surface area contributed by atoms with Gasteiger partial charge in [-0.05, 0) is 29.5 Å². The SMILES string of the molecule is Cc1ncc(CNc2nc[nH]c(=O)c2I)s1. The van der Waals surface area contributed by atoms with Gasteiger partial charge in [-0.1, -0.05) is 0 Å². The molecule has 0 aliphatic rings. The van der Waals surface area contributed by atoms with Gasteiger partial charge in [-0.2, -0.15) is 0 Å². The van der Waals surface area contributed by atoms with E-state index in [1.165, 1.54) is 6.33 Å². The highest BCUT2D eigenvalue weighted by Crippen LogP contribution is 2.14. The van der Waals surface area contributed by atoms with E-state index in [-0.39, 0.29) is 5.56 Å². The monoisotopic (exact) mass is 348 g/mol. The van der Waals surface area contributed by atoms with E-state index in [9.17, 15) is 4.79 Å². The highest BCUT2D eigenvalue weighted by Gasteiger charge is 2.05. The number of aryl methyl sites for hydroxylation is 1. The first-order valence-electron chi connectivity index (χ1n) is 4.55. The molecule has 0 radical (unpaired) electrons. The molecule has 2 aromatic heterocycles. The lowest BCUT2D eigenvalue weighted by atomic mass is 10.5. The number of hydrogen-bond acceptors (Lipinski definition) is 5. The van der Waals surface area contributed by atoms with Crippen molar-refractivity contribution >= 4 is 39.7 Å². The molecule has 0 spiro atoms. The zero-order chi connectivity index (χ0) is 11.5. The van der Waals surface area contributed by atoms with Crippen molar-refractivity contribution in [2.45, 2.75) is 13.5 Å². The Balaban J connectivity index is 2.10. The maximum Gasteiger partial charge on any atom is 0.266 e. The molecule has 0 saturated carbocycles. The van der Waals surface area contributed by atoms with Crippen LogP contribution in [0.4, 0.5) is 5.82 Å². The standard InChI is InChI=1S/C9H9IN4OS/c1-5-11-2-6(16-5)3-12-8-7(10)9(15)14-4-13-8/h2,4H,3H2,1H3,(H2,12,13,14,15). The summed E-state index contributed by atoms with van der Waals surface area (Å²) < 4.78 is 0.571. The normalized spacial score (nSPS) is 10.4. The molecule has 7 heteroatoms. The van der Waals surface area contributed by atoms with Crippen molar-refractivity contribution in [2.75, 3.05) is 5.32 Å². The summed E-state index contributed by atoms with van der Waals surface area (Å²) in [6, 6.07) is 0. The van der Waals surface area contributed by atoms with Crippen LogP contribution in [0.5, 0.6) is 0 Å². The lowest BCUT2D eigenvalue weighted by Crippen LogP contribution is -2.14. The molecule has 2 N–H and O–H groups in total. The summed E-state index contributed by atoms with van der Waals surface area (Å²) in [5.74, 6) is 0.607. The van der Waals surface area contributed by atoms with E-state index in [4.69, 9.17) is 0 Å². The van der Waals surface area contributed by atoms with E-state index in [2.05, 4.69) is 20.3 Å². The Kier molecular flexibility index (Phi) is 3.54. The van der Waals surface area contributed by atoms with Crippen LogP contribution < -0.4 is 10.9 Å². The molecule has 0 aliphatic heterocycles. The van der Waals surface area contributed by atoms with Crippen molar-refractivity contribution in [3.05, 3.63) is 36.3 Å². The van der Waals surface area contributed by atoms with Crippen molar-refractivity contribution in [1.29, 1.82) is 0 Å². The largest absolute Gasteiger partial charge is 0.364 e. The maximum absolute atomic E-state index is 11.3. The summed E-state index contributed by atoms with van der Waals surface area (Å²) >= 11 is 3.60. The molecular formula is C9H9IN4OS. The van der Waals surface area contributed by atoms with Crippen molar-refractivity contribution in [3.63, 3.8) is 0 Å². The summed E-state index contributed by atoms with van der Waals surface area (Å²) in [5.41, 5.74) is -0.126. The molecule has 0 unspecified atom stereocenters. The van der Waals surface area contributed by atoms with Gasteiger partial charge in [0.05, 0.1) is 17.9 Å². The van der Waals surface area contributed by atoms with Crippen molar-refractivity contribution < 1.29 is 0 Å². The van der Waals surface area contributed by atoms with E-state index < -0.39 is 0 Å². The molecule has 2 rings (SSSR count). The van der Waals surface area contributed by atoms with Gasteiger partial charge in [0.15, 0.2) is 0 Å². The summed E-state index contributed by atoms with van der Waals surface area (Å²) in [6.45, 7) is 2.60. The van der Waals surface area contributed by atoms with Crippen LogP contribution in [-0.4, -0.2) is 15.0 Å². The summed E-state index contributed by atoms with van der Waals surface area (Å²) in [4.78, 5) is 23.2. The van der Waals surface area contributed by atoms with Gasteiger partial charge >= 0.3 is 0 Å². The number of nitrogens with zero attached hydrogens (tertiary/aromatic N) is 2. The van der Waals surface area contributed by atoms with Gasteiger partial charge in [0.1, 0.15) is 9.39 Å². The lowest BCUT2D eigenvalue weighted by molar-refractivity contribution is 1.05. The number of thiazole rings is 1. The quantitative estimate of drug-likeness (QED) is 0.830. The molecular weight excluding hydrogens is 339 g/mol. The highest BCUT2D eigenvalue weighted by atomic mass is 127. The topological polar surface area (TPSA) is 70.7 Å². The molecule has 2 aromatic rings. The van der Waals surface area contributed by atoms with Gasteiger partial charge in [-0.25, -0.2) is 9.97 Å². The molecule has 2 heterocycles. The number of aromatic nitrogens is 3. The summed E-state index contributed by atoms with van der Waals surface area (Å²) in [6.07, 6.45) is 3.22. The van der Waals surface area contributed by atoms with Crippen LogP contribution in [0.25, 0.3) is 0 Å². The van der Waals surface area contributed by atoms with Gasteiger partial charge in [0, 0.05) is 11.1 Å². The summed E-state index contributed by atoms with van der Waals surface area (Å²) in [7, 11) is 0. The fraction of sp³-hybridized carbons (Fsp3) is 0.222. The minimum atomic E-state index is -0.126. The predicted molar refractivity (Wildman–Crippen MR) is 71.8 cm³/mol. The van der Waals surface area contributed by atoms with Crippen LogP contribution in [0, 0.1) is 10.5 Å². The van der Waals surface area contributed by atoms with Crippen LogP contribution in [0.15, 0.2) is 17.3 Å². The van der Waals surface area contributed by atoms with Gasteiger partial charge in [-0.3, -0.25) is 4.79 Å². The number of hydrogen-bond donors (Lipinski definition) is 2. The molecule has 0 bridgehead atoms. The molecule has 16 heavy (non-hydrogen) atoms. The van der Waals surface area contributed by atoms with Crippen molar-refractivity contribution in [2.24, 2.45) is 0 Å². The maximum atomic E-state index is 11.3. The Morgan fingerprint density at radius 1 is 1.56 bits per heavy atom. The molecule has 5 nitrogen and oxygen atoms in total. The number of halogens is 1. The van der Waals surface area contributed by atoms with E-state index in [0.29, 0.717) is 15.9 Å². The fourth-order valence-corrected chi connectivity index (χ4v) is 2.38. The van der Waals surface area contributed by atoms with Gasteiger partial charge in [-0.15, -0.1) is 11.3 Å². The van der Waals surface area contributed by atoms with Crippen molar-refractivity contribution in [3.8, 4) is 0 Å². The Morgan fingerprint density at radius 3 is 3.06 bits per heavy atom. The number of aromatic amines is 1. The summed E-state index contributed by atoms with van der Waals surface area (Å²) in [5, 5.41) is 4.15. The van der Waals surface area contributed by atoms with Crippen LogP contribution in [-0.2, 0) is 6.54 Å². The van der Waals surface area contributed by atoms with Gasteiger partial charge in [0.2, 0.25) is 0 Å². The first-order chi connectivity index (χ1) is 7.66. The second-order valence-electron chi connectivity index (χ2n) is 3.09. The fourth-order valence-electron chi connectivity index (χ4n) is 1.16. The molecule has 0 amide bonds. The minimum absolute atomic E-state index is 0.126. The average molecular weight is 348 g/mol. The molecule has 0 aliphatic carbocycles. The van der Waals surface area contributed by atoms with Crippen LogP contribution >= 0.6 is 33.9 Å². The highest BCUT2D eigenvalue weighted by molar-refractivity contribution is 14.1. The Labute approximate surface area is 109 Å². The smallest absolute Gasteiger partial charge is 0.266 e. The average Bonchev–Trinajstić information content (AvgIpc) is 2.67. The minimum Gasteiger partial charge on any atom is -0.364 e. The third-order valence-corrected chi connectivity index (χ3v) is 3.81. The zero-order valence-corrected chi connectivity index (χ0v) is 11.4. The zero-order valence-electron chi connectivity index (χ0n) is 8.45. The third-order valence-electron chi connectivity index (χ3n) is 1.90. The van der Waals surface area contributed by atoms with Gasteiger partial charge < -0.3 is 10.3 Å². The van der Waals surface area contributed by atoms with E-state index in [0.717, 1.165) is 9.88 Å². The molecule has 84 valence electrons. The van der Waals surface area contributed by atoms with E-state index in [1.807, 2.05) is 35.7 Å². The van der Waals surface area contributed by atoms with Crippen LogP contribution in [0.1, 0.15) is 9.88 Å². The van der Waals surface area contributed by atoms with Gasteiger partial charge in [0.25, 0.3) is 5.56 Å². The Bertz CT molecular complexity index is 550. The molecule has 0 atom stereocenters. The van der Waals surface area contributed by atoms with E-state index >= 15 is 0 Å². The number of nitrogens with one attached hydrogen (secondary N) is 2. The second-order valence-corrected chi connectivity index (χ2v) is 5.49. The first-order valence-corrected chi connectivity index (χ1v) is 6.44. The van der Waals surface area contributed by atoms with Crippen LogP contribution in [0.3, 0.4) is 0 Å². The van der Waals surface area contributed by atoms with Crippen LogP contribution in [0.2, 0.25) is 0 Å². The Hall–Kier alpha value is -0.960. The lowest BCUT2D eigenvalue weighted by Gasteiger charge is -2.04. The molecule has 0 fully saturated rings. The van der Waals surface area contributed by atoms with Crippen molar-refractivity contribution in [1.82, 2.24) is 15.0 Å². The first kappa shape index (κ1) is 11.5. The Morgan fingerprint density at radius 2 is 2.38 bits per heavy atom. The van der Waals surface area contributed by atoms with E-state index in [1.54, 1.807) is 11.3 Å². The number of H-pyrrole nitrogens is 1. The second kappa shape index (κ2) is 4.91. The predicted octanol–water partition coefficient (Wildman–Crippen LogP) is 1.75. The molecule has 0 saturated heterocycles.